The summed E-state index contributed by atoms with van der Waals surface area (Å²) >= 11 is 0. The number of hydrogen-bond donors (Lipinski definition) is 1. The molecule has 0 radical (unpaired) electrons. The number of carbonyl (C=O) groups excluding carboxylic acids is 1. The highest BCUT2D eigenvalue weighted by molar-refractivity contribution is 6.08. The van der Waals surface area contributed by atoms with Gasteiger partial charge in [0.25, 0.3) is 0 Å². The zero-order valence-electron chi connectivity index (χ0n) is 18.6. The topological polar surface area (TPSA) is 63.6 Å². The monoisotopic (exact) mass is 471 g/mol. The number of aryl methyl sites for hydroxylation is 1. The van der Waals surface area contributed by atoms with Crippen molar-refractivity contribution in [1.29, 1.82) is 0 Å². The predicted molar refractivity (Wildman–Crippen MR) is 126 cm³/mol. The summed E-state index contributed by atoms with van der Waals surface area (Å²) in [5.41, 5.74) is -0.872. The molecule has 4 rings (SSSR count). The number of nitrogens with zero attached hydrogens (tertiary/aromatic N) is 2. The Bertz CT molecular complexity index is 1300. The molecule has 2 aromatic carbocycles. The molecular formula is C25H24F3N3O3. The third-order valence-electron chi connectivity index (χ3n) is 5.80. The summed E-state index contributed by atoms with van der Waals surface area (Å²) in [5.74, 6) is -1.83. The summed E-state index contributed by atoms with van der Waals surface area (Å²) in [6.07, 6.45) is 3.86. The molecule has 3 aromatic rings. The van der Waals surface area contributed by atoms with Gasteiger partial charge in [0.15, 0.2) is 11.6 Å². The second kappa shape index (κ2) is 10.1. The first-order chi connectivity index (χ1) is 16.4. The first-order valence-corrected chi connectivity index (χ1v) is 10.9. The molecule has 0 amide bonds. The number of fused-ring (bicyclic) bond motifs is 1. The van der Waals surface area contributed by atoms with Crippen molar-refractivity contribution in [2.45, 2.75) is 6.54 Å². The summed E-state index contributed by atoms with van der Waals surface area (Å²) in [6, 6.07) is 7.84. The van der Waals surface area contributed by atoms with Crippen LogP contribution in [-0.4, -0.2) is 50.3 Å². The Morgan fingerprint density at radius 3 is 2.53 bits per heavy atom. The minimum atomic E-state index is -0.935. The minimum Gasteiger partial charge on any atom is -0.497 e. The van der Waals surface area contributed by atoms with Crippen molar-refractivity contribution < 1.29 is 22.7 Å². The maximum absolute atomic E-state index is 15.5. The van der Waals surface area contributed by atoms with Crippen molar-refractivity contribution >= 4 is 28.4 Å². The molecule has 2 heterocycles. The van der Waals surface area contributed by atoms with E-state index in [0.717, 1.165) is 12.3 Å². The van der Waals surface area contributed by atoms with Crippen LogP contribution in [0.3, 0.4) is 0 Å². The first-order valence-electron chi connectivity index (χ1n) is 10.9. The Kier molecular flexibility index (Phi) is 7.02. The number of alkyl halides is 1. The largest absolute Gasteiger partial charge is 0.497 e. The summed E-state index contributed by atoms with van der Waals surface area (Å²) in [5, 5.41) is 2.81. The van der Waals surface area contributed by atoms with Gasteiger partial charge >= 0.3 is 0 Å². The number of methoxy groups -OCH3 is 1. The number of nitrogens with one attached hydrogen (secondary N) is 1. The van der Waals surface area contributed by atoms with Crippen molar-refractivity contribution in [2.24, 2.45) is 0 Å². The molecule has 0 saturated carbocycles. The molecule has 1 aromatic heterocycles. The van der Waals surface area contributed by atoms with E-state index < -0.39 is 29.5 Å². The molecule has 0 unspecified atom stereocenters. The van der Waals surface area contributed by atoms with Crippen LogP contribution in [0.5, 0.6) is 5.75 Å². The fourth-order valence-corrected chi connectivity index (χ4v) is 4.07. The molecule has 0 aliphatic carbocycles. The maximum Gasteiger partial charge on any atom is 0.200 e. The maximum atomic E-state index is 15.5. The number of allylic oxidation sites excluding steroid dienone is 1. The third-order valence-corrected chi connectivity index (χ3v) is 5.80. The quantitative estimate of drug-likeness (QED) is 0.422. The van der Waals surface area contributed by atoms with Crippen molar-refractivity contribution in [3.05, 3.63) is 75.6 Å². The number of hydrogen-bond acceptors (Lipinski definition) is 5. The number of ketones is 1. The molecule has 9 heteroatoms. The first kappa shape index (κ1) is 23.6. The van der Waals surface area contributed by atoms with E-state index in [-0.39, 0.29) is 28.7 Å². The molecule has 34 heavy (non-hydrogen) atoms. The molecule has 1 aliphatic heterocycles. The average Bonchev–Trinajstić information content (AvgIpc) is 2.85. The van der Waals surface area contributed by atoms with E-state index in [9.17, 15) is 18.4 Å². The number of pyridine rings is 1. The van der Waals surface area contributed by atoms with Gasteiger partial charge in [-0.2, -0.15) is 0 Å². The second-order valence-electron chi connectivity index (χ2n) is 7.88. The average molecular weight is 471 g/mol. The van der Waals surface area contributed by atoms with Gasteiger partial charge in [-0.3, -0.25) is 9.59 Å². The number of aromatic nitrogens is 1. The highest BCUT2D eigenvalue weighted by Crippen LogP contribution is 2.30. The van der Waals surface area contributed by atoms with Gasteiger partial charge in [0.1, 0.15) is 23.9 Å². The lowest BCUT2D eigenvalue weighted by Crippen LogP contribution is -2.44. The number of halogens is 3. The van der Waals surface area contributed by atoms with Crippen molar-refractivity contribution in [2.75, 3.05) is 44.9 Å². The number of rotatable bonds is 7. The molecule has 0 atom stereocenters. The SMILES string of the molecule is COc1ccc(C=CC(=O)c2cn(CCF)c3c(F)c(N4CCNCC4)c(F)cc3c2=O)cc1. The standard InChI is InChI=1S/C25H24F3N3O3/c1-34-17-5-2-16(3-6-17)4-7-21(32)19-15-31(11-8-26)23-18(25(19)33)14-20(27)24(22(23)28)30-12-9-29-10-13-30/h2-7,14-15,29H,8-13H2,1H3. The molecule has 6 nitrogen and oxygen atoms in total. The van der Waals surface area contributed by atoms with Crippen LogP contribution in [0.25, 0.3) is 17.0 Å². The van der Waals surface area contributed by atoms with E-state index in [1.807, 2.05) is 0 Å². The highest BCUT2D eigenvalue weighted by Gasteiger charge is 2.25. The molecule has 1 aliphatic rings. The Labute approximate surface area is 194 Å². The zero-order chi connectivity index (χ0) is 24.2. The van der Waals surface area contributed by atoms with Gasteiger partial charge in [-0.1, -0.05) is 18.2 Å². The predicted octanol–water partition coefficient (Wildman–Crippen LogP) is 3.56. The van der Waals surface area contributed by atoms with E-state index in [1.54, 1.807) is 29.2 Å². The van der Waals surface area contributed by atoms with Crippen LogP contribution in [0.4, 0.5) is 18.9 Å². The van der Waals surface area contributed by atoms with Gasteiger partial charge in [0.2, 0.25) is 5.43 Å². The van der Waals surface area contributed by atoms with Crippen LogP contribution in [0.1, 0.15) is 15.9 Å². The lowest BCUT2D eigenvalue weighted by Gasteiger charge is -2.30. The Hall–Kier alpha value is -3.59. The summed E-state index contributed by atoms with van der Waals surface area (Å²) in [4.78, 5) is 27.5. The van der Waals surface area contributed by atoms with Gasteiger partial charge in [-0.25, -0.2) is 13.2 Å². The fourth-order valence-electron chi connectivity index (χ4n) is 4.07. The number of piperazine rings is 1. The van der Waals surface area contributed by atoms with Gasteiger partial charge in [-0.15, -0.1) is 0 Å². The number of ether oxygens (including phenoxy) is 1. The molecule has 178 valence electrons. The van der Waals surface area contributed by atoms with Crippen LogP contribution in [0, 0.1) is 11.6 Å². The number of benzene rings is 2. The van der Waals surface area contributed by atoms with E-state index in [1.165, 1.54) is 23.8 Å². The van der Waals surface area contributed by atoms with Crippen molar-refractivity contribution in [1.82, 2.24) is 9.88 Å². The van der Waals surface area contributed by atoms with Gasteiger partial charge in [0, 0.05) is 32.4 Å². The van der Waals surface area contributed by atoms with Crippen LogP contribution in [0.2, 0.25) is 0 Å². The Balaban J connectivity index is 1.79. The van der Waals surface area contributed by atoms with Crippen molar-refractivity contribution in [3.8, 4) is 5.75 Å². The van der Waals surface area contributed by atoms with Crippen LogP contribution in [-0.2, 0) is 6.54 Å². The van der Waals surface area contributed by atoms with Gasteiger partial charge < -0.3 is 19.5 Å². The highest BCUT2D eigenvalue weighted by atomic mass is 19.1. The molecule has 0 bridgehead atoms. The Morgan fingerprint density at radius 2 is 1.88 bits per heavy atom. The summed E-state index contributed by atoms with van der Waals surface area (Å²) in [6.45, 7) is 0.749. The van der Waals surface area contributed by atoms with E-state index in [2.05, 4.69) is 5.32 Å². The smallest absolute Gasteiger partial charge is 0.200 e. The van der Waals surface area contributed by atoms with Crippen LogP contribution >= 0.6 is 0 Å². The van der Waals surface area contributed by atoms with Gasteiger partial charge in [-0.05, 0) is 29.8 Å². The molecule has 1 fully saturated rings. The molecule has 1 N–H and O–H groups in total. The minimum absolute atomic E-state index is 0.215. The summed E-state index contributed by atoms with van der Waals surface area (Å²) < 4.78 is 50.1. The van der Waals surface area contributed by atoms with E-state index in [0.29, 0.717) is 37.5 Å². The third kappa shape index (κ3) is 4.56. The lowest BCUT2D eigenvalue weighted by molar-refractivity contribution is 0.104. The molecule has 0 spiro atoms. The molecule has 1 saturated heterocycles. The zero-order valence-corrected chi connectivity index (χ0v) is 18.6. The van der Waals surface area contributed by atoms with Crippen molar-refractivity contribution in [3.63, 3.8) is 0 Å². The summed E-state index contributed by atoms with van der Waals surface area (Å²) in [7, 11) is 1.54. The number of carbonyl (C=O) groups is 1. The van der Waals surface area contributed by atoms with Gasteiger partial charge in [0.05, 0.1) is 30.1 Å². The molecular weight excluding hydrogens is 447 g/mol. The second-order valence-corrected chi connectivity index (χ2v) is 7.88. The van der Waals surface area contributed by atoms with Crippen LogP contribution < -0.4 is 20.4 Å². The van der Waals surface area contributed by atoms with Crippen LogP contribution in [0.15, 0.2) is 47.4 Å². The van der Waals surface area contributed by atoms with E-state index >= 15 is 4.39 Å². The lowest BCUT2D eigenvalue weighted by atomic mass is 10.0. The normalized spacial score (nSPS) is 14.2. The Morgan fingerprint density at radius 1 is 1.18 bits per heavy atom. The van der Waals surface area contributed by atoms with E-state index in [4.69, 9.17) is 4.74 Å². The number of anilines is 1. The fraction of sp³-hybridized carbons (Fsp3) is 0.280.